The topological polar surface area (TPSA) is 50.4 Å². The summed E-state index contributed by atoms with van der Waals surface area (Å²) in [5.74, 6) is 3.41. The highest BCUT2D eigenvalue weighted by Gasteiger charge is 2.48. The molecule has 0 spiro atoms. The maximum Gasteiger partial charge on any atom is 0.262 e. The van der Waals surface area contributed by atoms with Crippen LogP contribution in [0.3, 0.4) is 0 Å². The van der Waals surface area contributed by atoms with Gasteiger partial charge in [-0.15, -0.1) is 0 Å². The zero-order valence-electron chi connectivity index (χ0n) is 12.4. The van der Waals surface area contributed by atoms with Gasteiger partial charge in [0, 0.05) is 6.04 Å². The van der Waals surface area contributed by atoms with E-state index in [0.29, 0.717) is 6.04 Å². The number of rotatable bonds is 4. The number of amides is 1. The Bertz CT molecular complexity index is 562. The van der Waals surface area contributed by atoms with Crippen LogP contribution >= 0.6 is 0 Å². The summed E-state index contributed by atoms with van der Waals surface area (Å²) in [4.78, 5) is 11.5. The van der Waals surface area contributed by atoms with Crippen molar-refractivity contribution in [2.75, 3.05) is 18.5 Å². The smallest absolute Gasteiger partial charge is 0.262 e. The number of ether oxygens (including phenoxy) is 1. The van der Waals surface area contributed by atoms with Crippen LogP contribution in [-0.4, -0.2) is 19.1 Å². The zero-order valence-corrected chi connectivity index (χ0v) is 12.4. The summed E-state index contributed by atoms with van der Waals surface area (Å²) in [6.07, 6.45) is 4.15. The molecule has 0 saturated heterocycles. The van der Waals surface area contributed by atoms with Gasteiger partial charge in [-0.3, -0.25) is 4.79 Å². The lowest BCUT2D eigenvalue weighted by Crippen LogP contribution is -2.29. The molecule has 4 rings (SSSR count). The number of hydrogen-bond donors (Lipinski definition) is 2. The van der Waals surface area contributed by atoms with E-state index in [1.807, 2.05) is 6.07 Å². The minimum Gasteiger partial charge on any atom is -0.482 e. The summed E-state index contributed by atoms with van der Waals surface area (Å²) in [5.41, 5.74) is 2.09. The molecule has 21 heavy (non-hydrogen) atoms. The Kier molecular flexibility index (Phi) is 3.14. The van der Waals surface area contributed by atoms with Crippen LogP contribution in [0, 0.1) is 17.8 Å². The Morgan fingerprint density at radius 3 is 2.90 bits per heavy atom. The lowest BCUT2D eigenvalue weighted by molar-refractivity contribution is -0.118. The fourth-order valence-electron chi connectivity index (χ4n) is 4.10. The molecule has 1 aliphatic heterocycles. The second kappa shape index (κ2) is 5.02. The monoisotopic (exact) mass is 286 g/mol. The Hall–Kier alpha value is -1.55. The van der Waals surface area contributed by atoms with Gasteiger partial charge in [-0.2, -0.15) is 0 Å². The van der Waals surface area contributed by atoms with E-state index in [1.165, 1.54) is 24.8 Å². The first-order valence-corrected chi connectivity index (χ1v) is 8.04. The van der Waals surface area contributed by atoms with Crippen molar-refractivity contribution in [3.05, 3.63) is 23.8 Å². The summed E-state index contributed by atoms with van der Waals surface area (Å²) in [7, 11) is 0. The molecule has 2 N–H and O–H groups in total. The van der Waals surface area contributed by atoms with Gasteiger partial charge in [-0.25, -0.2) is 0 Å². The van der Waals surface area contributed by atoms with E-state index in [4.69, 9.17) is 4.74 Å². The highest BCUT2D eigenvalue weighted by molar-refractivity contribution is 5.95. The second-order valence-electron chi connectivity index (χ2n) is 6.62. The quantitative estimate of drug-likeness (QED) is 0.895. The van der Waals surface area contributed by atoms with E-state index in [1.54, 1.807) is 0 Å². The van der Waals surface area contributed by atoms with Crippen LogP contribution in [-0.2, 0) is 4.79 Å². The van der Waals surface area contributed by atoms with E-state index in [2.05, 4.69) is 29.7 Å². The van der Waals surface area contributed by atoms with Gasteiger partial charge in [0.25, 0.3) is 5.91 Å². The van der Waals surface area contributed by atoms with Gasteiger partial charge >= 0.3 is 0 Å². The highest BCUT2D eigenvalue weighted by Crippen LogP contribution is 2.57. The van der Waals surface area contributed by atoms with Gasteiger partial charge in [-0.1, -0.05) is 13.0 Å². The number of carbonyl (C=O) groups is 1. The number of anilines is 1. The molecule has 3 unspecified atom stereocenters. The van der Waals surface area contributed by atoms with Crippen LogP contribution in [0.4, 0.5) is 5.69 Å². The molecule has 0 bridgehead atoms. The van der Waals surface area contributed by atoms with Crippen molar-refractivity contribution in [3.63, 3.8) is 0 Å². The van der Waals surface area contributed by atoms with E-state index in [9.17, 15) is 4.79 Å². The second-order valence-corrected chi connectivity index (χ2v) is 6.62. The van der Waals surface area contributed by atoms with Crippen LogP contribution in [0.15, 0.2) is 18.2 Å². The van der Waals surface area contributed by atoms with Crippen molar-refractivity contribution in [1.29, 1.82) is 0 Å². The van der Waals surface area contributed by atoms with Gasteiger partial charge < -0.3 is 15.4 Å². The normalized spacial score (nSPS) is 30.9. The molecule has 112 valence electrons. The van der Waals surface area contributed by atoms with Crippen molar-refractivity contribution in [3.8, 4) is 5.75 Å². The van der Waals surface area contributed by atoms with E-state index >= 15 is 0 Å². The number of nitrogens with one attached hydrogen (secondary N) is 2. The zero-order chi connectivity index (χ0) is 14.4. The third-order valence-corrected chi connectivity index (χ3v) is 5.17. The Labute approximate surface area is 125 Å². The highest BCUT2D eigenvalue weighted by atomic mass is 16.5. The van der Waals surface area contributed by atoms with E-state index in [0.717, 1.165) is 35.7 Å². The Morgan fingerprint density at radius 2 is 2.14 bits per heavy atom. The molecule has 3 aliphatic rings. The third-order valence-electron chi connectivity index (χ3n) is 5.17. The van der Waals surface area contributed by atoms with Crippen molar-refractivity contribution in [1.82, 2.24) is 5.32 Å². The number of fused-ring (bicyclic) bond motifs is 2. The van der Waals surface area contributed by atoms with Gasteiger partial charge in [0.15, 0.2) is 6.61 Å². The molecule has 1 aromatic carbocycles. The summed E-state index contributed by atoms with van der Waals surface area (Å²) in [5, 5.41) is 6.56. The SMILES string of the molecule is CCNC(c1ccc2c(c1)NC(=O)CO2)C1CC2CC2C1. The van der Waals surface area contributed by atoms with Crippen molar-refractivity contribution < 1.29 is 9.53 Å². The number of carbonyl (C=O) groups excluding carboxylic acids is 1. The standard InChI is InChI=1S/C17H22N2O2/c1-2-18-17(13-6-11-5-12(11)7-13)10-3-4-15-14(8-10)19-16(20)9-21-15/h3-4,8,11-13,17-18H,2,5-7,9H2,1H3,(H,19,20). The molecule has 1 heterocycles. The predicted octanol–water partition coefficient (Wildman–Crippen LogP) is 2.71. The lowest BCUT2D eigenvalue weighted by atomic mass is 9.88. The minimum absolute atomic E-state index is 0.0678. The molecule has 0 radical (unpaired) electrons. The van der Waals surface area contributed by atoms with E-state index in [-0.39, 0.29) is 12.5 Å². The molecule has 2 aliphatic carbocycles. The van der Waals surface area contributed by atoms with Crippen LogP contribution in [0.1, 0.15) is 37.8 Å². The molecular weight excluding hydrogens is 264 g/mol. The van der Waals surface area contributed by atoms with Gasteiger partial charge in [0.05, 0.1) is 5.69 Å². The van der Waals surface area contributed by atoms with Gasteiger partial charge in [0.1, 0.15) is 5.75 Å². The van der Waals surface area contributed by atoms with Crippen LogP contribution in [0.2, 0.25) is 0 Å². The molecule has 2 fully saturated rings. The molecule has 4 nitrogen and oxygen atoms in total. The fraction of sp³-hybridized carbons (Fsp3) is 0.588. The van der Waals surface area contributed by atoms with Crippen LogP contribution in [0.25, 0.3) is 0 Å². The Balaban J connectivity index is 1.60. The predicted molar refractivity (Wildman–Crippen MR) is 81.3 cm³/mol. The first-order chi connectivity index (χ1) is 10.2. The largest absolute Gasteiger partial charge is 0.482 e. The maximum atomic E-state index is 11.5. The minimum atomic E-state index is -0.0678. The van der Waals surface area contributed by atoms with Crippen molar-refractivity contribution >= 4 is 11.6 Å². The van der Waals surface area contributed by atoms with Gasteiger partial charge in [0.2, 0.25) is 0 Å². The molecule has 1 aromatic rings. The third kappa shape index (κ3) is 2.42. The summed E-state index contributed by atoms with van der Waals surface area (Å²) < 4.78 is 5.45. The van der Waals surface area contributed by atoms with E-state index < -0.39 is 0 Å². The first kappa shape index (κ1) is 13.1. The number of hydrogen-bond acceptors (Lipinski definition) is 3. The summed E-state index contributed by atoms with van der Waals surface area (Å²) >= 11 is 0. The molecule has 2 saturated carbocycles. The molecular formula is C17H22N2O2. The average Bonchev–Trinajstić information content (AvgIpc) is 3.10. The molecule has 1 amide bonds. The van der Waals surface area contributed by atoms with Crippen LogP contribution < -0.4 is 15.4 Å². The molecule has 3 atom stereocenters. The summed E-state index contributed by atoms with van der Waals surface area (Å²) in [6.45, 7) is 3.25. The Morgan fingerprint density at radius 1 is 1.33 bits per heavy atom. The fourth-order valence-corrected chi connectivity index (χ4v) is 4.10. The molecule has 4 heteroatoms. The first-order valence-electron chi connectivity index (χ1n) is 8.04. The average molecular weight is 286 g/mol. The lowest BCUT2D eigenvalue weighted by Gasteiger charge is -2.27. The van der Waals surface area contributed by atoms with Gasteiger partial charge in [-0.05, 0) is 61.3 Å². The molecule has 0 aromatic heterocycles. The summed E-state index contributed by atoms with van der Waals surface area (Å²) in [6, 6.07) is 6.62. The van der Waals surface area contributed by atoms with Crippen LogP contribution in [0.5, 0.6) is 5.75 Å². The maximum absolute atomic E-state index is 11.5. The number of benzene rings is 1. The van der Waals surface area contributed by atoms with Crippen molar-refractivity contribution in [2.45, 2.75) is 32.2 Å². The van der Waals surface area contributed by atoms with Crippen molar-refractivity contribution in [2.24, 2.45) is 17.8 Å².